The van der Waals surface area contributed by atoms with Crippen LogP contribution >= 0.6 is 11.3 Å². The number of nitriles is 1. The summed E-state index contributed by atoms with van der Waals surface area (Å²) in [6.45, 7) is 2.25. The first-order valence-electron chi connectivity index (χ1n) is 7.83. The Morgan fingerprint density at radius 3 is 3.10 bits per heavy atom. The minimum atomic E-state index is 0.597. The third kappa shape index (κ3) is 2.75. The summed E-state index contributed by atoms with van der Waals surface area (Å²) < 4.78 is 0. The largest absolute Gasteiger partial charge is 0.396 e. The summed E-state index contributed by atoms with van der Waals surface area (Å²) in [5.74, 6) is 0.790. The molecule has 2 N–H and O–H groups in total. The summed E-state index contributed by atoms with van der Waals surface area (Å²) in [4.78, 5) is 6.28. The maximum absolute atomic E-state index is 9.10. The first kappa shape index (κ1) is 14.3. The summed E-state index contributed by atoms with van der Waals surface area (Å²) in [5, 5.41) is 10.1. The van der Waals surface area contributed by atoms with E-state index in [0.717, 1.165) is 29.0 Å². The van der Waals surface area contributed by atoms with E-state index in [0.29, 0.717) is 10.6 Å². The van der Waals surface area contributed by atoms with Gasteiger partial charge in [0, 0.05) is 11.1 Å². The molecular weight excluding hydrogens is 278 g/mol. The molecule has 1 aliphatic rings. The molecule has 0 aromatic carbocycles. The molecule has 0 amide bonds. The van der Waals surface area contributed by atoms with Crippen molar-refractivity contribution in [2.24, 2.45) is 5.92 Å². The molecule has 3 nitrogen and oxygen atoms in total. The first-order chi connectivity index (χ1) is 10.2. The van der Waals surface area contributed by atoms with Crippen molar-refractivity contribution in [1.29, 1.82) is 5.26 Å². The Kier molecular flexibility index (Phi) is 4.12. The van der Waals surface area contributed by atoms with Gasteiger partial charge in [-0.15, -0.1) is 11.3 Å². The number of aryl methyl sites for hydroxylation is 1. The van der Waals surface area contributed by atoms with Crippen molar-refractivity contribution in [3.05, 3.63) is 22.2 Å². The number of unbranched alkanes of at least 4 members (excludes halogenated alkanes) is 2. The molecule has 21 heavy (non-hydrogen) atoms. The quantitative estimate of drug-likeness (QED) is 0.849. The molecular formula is C17H21N3S. The van der Waals surface area contributed by atoms with Gasteiger partial charge in [0.1, 0.15) is 15.8 Å². The molecule has 2 aromatic heterocycles. The van der Waals surface area contributed by atoms with E-state index in [1.807, 2.05) is 0 Å². The fraction of sp³-hybridized carbons (Fsp3) is 0.529. The lowest BCUT2D eigenvalue weighted by molar-refractivity contribution is 0.405. The summed E-state index contributed by atoms with van der Waals surface area (Å²) in [6.07, 6.45) is 8.73. The number of thiophene rings is 1. The molecule has 0 bridgehead atoms. The molecule has 110 valence electrons. The highest BCUT2D eigenvalue weighted by atomic mass is 32.1. The van der Waals surface area contributed by atoms with Crippen LogP contribution < -0.4 is 5.73 Å². The Bertz CT molecular complexity index is 696. The van der Waals surface area contributed by atoms with Crippen molar-refractivity contribution in [2.45, 2.75) is 51.9 Å². The number of nitrogen functional groups attached to an aromatic ring is 1. The molecule has 0 saturated carbocycles. The molecule has 1 unspecified atom stereocenters. The van der Waals surface area contributed by atoms with Gasteiger partial charge in [-0.3, -0.25) is 0 Å². The number of hydrogen-bond donors (Lipinski definition) is 1. The minimum absolute atomic E-state index is 0.597. The second-order valence-electron chi connectivity index (χ2n) is 6.01. The molecule has 0 aliphatic heterocycles. The maximum atomic E-state index is 9.10. The predicted octanol–water partition coefficient (Wildman–Crippen LogP) is 4.44. The number of anilines is 1. The fourth-order valence-corrected chi connectivity index (χ4v) is 4.17. The summed E-state index contributed by atoms with van der Waals surface area (Å²) in [5.41, 5.74) is 9.25. The second-order valence-corrected chi connectivity index (χ2v) is 7.01. The number of nitrogens with zero attached hydrogens (tertiary/aromatic N) is 2. The zero-order chi connectivity index (χ0) is 14.8. The monoisotopic (exact) mass is 299 g/mol. The van der Waals surface area contributed by atoms with Crippen molar-refractivity contribution in [1.82, 2.24) is 4.98 Å². The van der Waals surface area contributed by atoms with Crippen molar-refractivity contribution in [3.63, 3.8) is 0 Å². The summed E-state index contributed by atoms with van der Waals surface area (Å²) >= 11 is 1.42. The number of rotatable bonds is 4. The summed E-state index contributed by atoms with van der Waals surface area (Å²) in [7, 11) is 0. The molecule has 0 saturated heterocycles. The average molecular weight is 299 g/mol. The average Bonchev–Trinajstić information content (AvgIpc) is 2.81. The maximum Gasteiger partial charge on any atom is 0.130 e. The summed E-state index contributed by atoms with van der Waals surface area (Å²) in [6, 6.07) is 4.36. The van der Waals surface area contributed by atoms with Crippen LogP contribution in [0.4, 0.5) is 5.69 Å². The predicted molar refractivity (Wildman–Crippen MR) is 88.4 cm³/mol. The molecule has 0 spiro atoms. The van der Waals surface area contributed by atoms with E-state index in [9.17, 15) is 0 Å². The van der Waals surface area contributed by atoms with Gasteiger partial charge in [0.2, 0.25) is 0 Å². The number of fused-ring (bicyclic) bond motifs is 2. The van der Waals surface area contributed by atoms with Gasteiger partial charge in [0.15, 0.2) is 0 Å². The van der Waals surface area contributed by atoms with E-state index < -0.39 is 0 Å². The number of hydrogen-bond acceptors (Lipinski definition) is 4. The molecule has 1 aliphatic carbocycles. The van der Waals surface area contributed by atoms with Crippen LogP contribution in [0.25, 0.3) is 10.2 Å². The standard InChI is InChI=1S/C17H21N3S/c1-2-3-4-5-11-6-7-14-12(8-11)9-13-16(19)15(10-18)21-17(13)20-14/h9,11H,2-8,19H2,1H3. The lowest BCUT2D eigenvalue weighted by atomic mass is 9.83. The van der Waals surface area contributed by atoms with Crippen molar-refractivity contribution in [3.8, 4) is 6.07 Å². The van der Waals surface area contributed by atoms with Gasteiger partial charge in [-0.05, 0) is 36.8 Å². The van der Waals surface area contributed by atoms with Gasteiger partial charge in [0.25, 0.3) is 0 Å². The molecule has 3 rings (SSSR count). The van der Waals surface area contributed by atoms with E-state index >= 15 is 0 Å². The normalized spacial score (nSPS) is 17.6. The Hall–Kier alpha value is -1.60. The van der Waals surface area contributed by atoms with Gasteiger partial charge in [-0.25, -0.2) is 4.98 Å². The molecule has 2 aromatic rings. The van der Waals surface area contributed by atoms with Crippen molar-refractivity contribution < 1.29 is 0 Å². The molecule has 4 heteroatoms. The van der Waals surface area contributed by atoms with Crippen LogP contribution in [0.1, 0.15) is 55.2 Å². The van der Waals surface area contributed by atoms with Gasteiger partial charge in [0.05, 0.1) is 5.69 Å². The van der Waals surface area contributed by atoms with Crippen LogP contribution in [0.5, 0.6) is 0 Å². The molecule has 0 fully saturated rings. The number of pyridine rings is 1. The third-order valence-electron chi connectivity index (χ3n) is 4.51. The molecule has 1 atom stereocenters. The van der Waals surface area contributed by atoms with Gasteiger partial charge < -0.3 is 5.73 Å². The van der Waals surface area contributed by atoms with E-state index in [1.54, 1.807) is 0 Å². The zero-order valence-electron chi connectivity index (χ0n) is 12.5. The number of nitrogens with two attached hydrogens (primary N) is 1. The Labute approximate surface area is 129 Å². The SMILES string of the molecule is CCCCCC1CCc2nc3sc(C#N)c(N)c3cc2C1. The van der Waals surface area contributed by atoms with Crippen molar-refractivity contribution in [2.75, 3.05) is 5.73 Å². The Morgan fingerprint density at radius 2 is 2.33 bits per heavy atom. The fourth-order valence-electron chi connectivity index (χ4n) is 3.28. The lowest BCUT2D eigenvalue weighted by Crippen LogP contribution is -2.15. The van der Waals surface area contributed by atoms with Crippen LogP contribution in [-0.4, -0.2) is 4.98 Å². The lowest BCUT2D eigenvalue weighted by Gasteiger charge is -2.24. The Morgan fingerprint density at radius 1 is 1.48 bits per heavy atom. The topological polar surface area (TPSA) is 62.7 Å². The van der Waals surface area contributed by atoms with E-state index in [2.05, 4.69) is 19.1 Å². The minimum Gasteiger partial charge on any atom is -0.396 e. The Balaban J connectivity index is 1.86. The highest BCUT2D eigenvalue weighted by molar-refractivity contribution is 7.19. The molecule has 0 radical (unpaired) electrons. The van der Waals surface area contributed by atoms with Crippen molar-refractivity contribution >= 4 is 27.2 Å². The van der Waals surface area contributed by atoms with Gasteiger partial charge >= 0.3 is 0 Å². The smallest absolute Gasteiger partial charge is 0.130 e. The van der Waals surface area contributed by atoms with E-state index in [4.69, 9.17) is 16.0 Å². The third-order valence-corrected chi connectivity index (χ3v) is 5.53. The van der Waals surface area contributed by atoms with Gasteiger partial charge in [-0.1, -0.05) is 32.6 Å². The van der Waals surface area contributed by atoms with Crippen LogP contribution in [0, 0.1) is 17.2 Å². The zero-order valence-corrected chi connectivity index (χ0v) is 13.3. The first-order valence-corrected chi connectivity index (χ1v) is 8.65. The van der Waals surface area contributed by atoms with E-state index in [-0.39, 0.29) is 0 Å². The van der Waals surface area contributed by atoms with Gasteiger partial charge in [-0.2, -0.15) is 5.26 Å². The molecule has 2 heterocycles. The highest BCUT2D eigenvalue weighted by Crippen LogP contribution is 2.36. The number of aromatic nitrogens is 1. The second kappa shape index (κ2) is 6.03. The highest BCUT2D eigenvalue weighted by Gasteiger charge is 2.21. The van der Waals surface area contributed by atoms with Crippen LogP contribution in [-0.2, 0) is 12.8 Å². The van der Waals surface area contributed by atoms with Crippen LogP contribution in [0.15, 0.2) is 6.07 Å². The van der Waals surface area contributed by atoms with E-state index in [1.165, 1.54) is 54.7 Å². The van der Waals surface area contributed by atoms with Crippen LogP contribution in [0.3, 0.4) is 0 Å². The van der Waals surface area contributed by atoms with Crippen LogP contribution in [0.2, 0.25) is 0 Å².